The van der Waals surface area contributed by atoms with E-state index in [4.69, 9.17) is 0 Å². The Hall–Kier alpha value is -2.14. The van der Waals surface area contributed by atoms with Crippen molar-refractivity contribution in [1.29, 1.82) is 0 Å². The molecule has 0 unspecified atom stereocenters. The number of aromatic carboxylic acids is 1. The highest BCUT2D eigenvalue weighted by Gasteiger charge is 2.17. The van der Waals surface area contributed by atoms with Gasteiger partial charge in [0.05, 0.1) is 11.3 Å². The van der Waals surface area contributed by atoms with Crippen molar-refractivity contribution in [3.63, 3.8) is 0 Å². The summed E-state index contributed by atoms with van der Waals surface area (Å²) in [4.78, 5) is 23.6. The molecule has 1 amide bonds. The van der Waals surface area contributed by atoms with Gasteiger partial charge in [-0.15, -0.1) is 0 Å². The van der Waals surface area contributed by atoms with Crippen LogP contribution in [-0.2, 0) is 0 Å². The average molecular weight is 348 g/mol. The summed E-state index contributed by atoms with van der Waals surface area (Å²) in [6.45, 7) is 3.80. The molecule has 0 aliphatic rings. The van der Waals surface area contributed by atoms with E-state index in [0.29, 0.717) is 10.0 Å². The van der Waals surface area contributed by atoms with Crippen molar-refractivity contribution >= 4 is 33.5 Å². The molecule has 2 aromatic rings. The Bertz CT molecular complexity index is 725. The molecule has 0 aliphatic carbocycles. The number of carboxylic acids is 1. The van der Waals surface area contributed by atoms with E-state index in [1.165, 1.54) is 6.07 Å². The SMILES string of the molecule is Cc1ccc(C(=O)Nc2c(Br)cccc2C(=O)O)c(C)c1. The number of para-hydroxylation sites is 1. The average Bonchev–Trinajstić information content (AvgIpc) is 2.40. The first-order valence-electron chi connectivity index (χ1n) is 6.30. The third-order valence-electron chi connectivity index (χ3n) is 3.11. The van der Waals surface area contributed by atoms with Crippen molar-refractivity contribution in [3.8, 4) is 0 Å². The topological polar surface area (TPSA) is 66.4 Å². The number of rotatable bonds is 3. The zero-order valence-corrected chi connectivity index (χ0v) is 13.2. The Morgan fingerprint density at radius 2 is 1.81 bits per heavy atom. The summed E-state index contributed by atoms with van der Waals surface area (Å²) in [6, 6.07) is 10.2. The van der Waals surface area contributed by atoms with Gasteiger partial charge < -0.3 is 10.4 Å². The molecule has 21 heavy (non-hydrogen) atoms. The number of amides is 1. The maximum atomic E-state index is 12.3. The summed E-state index contributed by atoms with van der Waals surface area (Å²) in [5, 5.41) is 11.9. The number of hydrogen-bond donors (Lipinski definition) is 2. The molecule has 0 spiro atoms. The fourth-order valence-electron chi connectivity index (χ4n) is 2.08. The predicted molar refractivity (Wildman–Crippen MR) is 85.0 cm³/mol. The molecule has 0 radical (unpaired) electrons. The first kappa shape index (κ1) is 15.3. The van der Waals surface area contributed by atoms with Gasteiger partial charge in [0, 0.05) is 10.0 Å². The first-order chi connectivity index (χ1) is 9.90. The van der Waals surface area contributed by atoms with Gasteiger partial charge in [0.25, 0.3) is 5.91 Å². The number of carbonyl (C=O) groups is 2. The maximum absolute atomic E-state index is 12.3. The third kappa shape index (κ3) is 3.31. The van der Waals surface area contributed by atoms with Gasteiger partial charge in [-0.25, -0.2) is 4.79 Å². The molecule has 0 aromatic heterocycles. The van der Waals surface area contributed by atoms with Crippen LogP contribution in [0.1, 0.15) is 31.8 Å². The van der Waals surface area contributed by atoms with Crippen molar-refractivity contribution in [3.05, 3.63) is 63.1 Å². The van der Waals surface area contributed by atoms with Gasteiger partial charge in [-0.1, -0.05) is 23.8 Å². The number of hydrogen-bond acceptors (Lipinski definition) is 2. The monoisotopic (exact) mass is 347 g/mol. The number of benzene rings is 2. The second kappa shape index (κ2) is 6.10. The normalized spacial score (nSPS) is 10.2. The van der Waals surface area contributed by atoms with Gasteiger partial charge in [0.1, 0.15) is 0 Å². The molecule has 0 bridgehead atoms. The van der Waals surface area contributed by atoms with Gasteiger partial charge >= 0.3 is 5.97 Å². The number of nitrogens with one attached hydrogen (secondary N) is 1. The Morgan fingerprint density at radius 3 is 2.43 bits per heavy atom. The predicted octanol–water partition coefficient (Wildman–Crippen LogP) is 4.02. The highest BCUT2D eigenvalue weighted by Crippen LogP contribution is 2.27. The zero-order valence-electron chi connectivity index (χ0n) is 11.6. The highest BCUT2D eigenvalue weighted by molar-refractivity contribution is 9.10. The van der Waals surface area contributed by atoms with Crippen molar-refractivity contribution in [2.75, 3.05) is 5.32 Å². The van der Waals surface area contributed by atoms with Crippen molar-refractivity contribution in [2.45, 2.75) is 13.8 Å². The minimum Gasteiger partial charge on any atom is -0.478 e. The van der Waals surface area contributed by atoms with E-state index in [1.807, 2.05) is 26.0 Å². The highest BCUT2D eigenvalue weighted by atomic mass is 79.9. The summed E-state index contributed by atoms with van der Waals surface area (Å²) < 4.78 is 0.528. The quantitative estimate of drug-likeness (QED) is 0.881. The van der Waals surface area contributed by atoms with E-state index in [9.17, 15) is 14.7 Å². The molecular weight excluding hydrogens is 334 g/mol. The van der Waals surface area contributed by atoms with Crippen molar-refractivity contribution in [1.82, 2.24) is 0 Å². The van der Waals surface area contributed by atoms with Gasteiger partial charge in [-0.2, -0.15) is 0 Å². The molecule has 0 atom stereocenters. The lowest BCUT2D eigenvalue weighted by Crippen LogP contribution is -2.16. The van der Waals surface area contributed by atoms with Crippen LogP contribution >= 0.6 is 15.9 Å². The van der Waals surface area contributed by atoms with Gasteiger partial charge in [0.15, 0.2) is 0 Å². The van der Waals surface area contributed by atoms with E-state index in [2.05, 4.69) is 21.2 Å². The molecule has 2 aromatic carbocycles. The van der Waals surface area contributed by atoms with Crippen molar-refractivity contribution < 1.29 is 14.7 Å². The summed E-state index contributed by atoms with van der Waals surface area (Å²) >= 11 is 3.27. The van der Waals surface area contributed by atoms with Gasteiger partial charge in [-0.05, 0) is 53.5 Å². The lowest BCUT2D eigenvalue weighted by atomic mass is 10.0. The Labute approximate surface area is 130 Å². The van der Waals surface area contributed by atoms with Crippen LogP contribution in [0.4, 0.5) is 5.69 Å². The molecule has 0 aliphatic heterocycles. The number of halogens is 1. The fraction of sp³-hybridized carbons (Fsp3) is 0.125. The molecule has 0 saturated heterocycles. The van der Waals surface area contributed by atoms with E-state index in [-0.39, 0.29) is 17.2 Å². The number of carbonyl (C=O) groups excluding carboxylic acids is 1. The van der Waals surface area contributed by atoms with Gasteiger partial charge in [0.2, 0.25) is 0 Å². The molecular formula is C16H14BrNO3. The zero-order chi connectivity index (χ0) is 15.6. The lowest BCUT2D eigenvalue weighted by molar-refractivity contribution is 0.0698. The molecule has 0 saturated carbocycles. The lowest BCUT2D eigenvalue weighted by Gasteiger charge is -2.12. The van der Waals surface area contributed by atoms with E-state index < -0.39 is 5.97 Å². The summed E-state index contributed by atoms with van der Waals surface area (Å²) in [5.41, 5.74) is 2.73. The molecule has 108 valence electrons. The largest absolute Gasteiger partial charge is 0.478 e. The van der Waals surface area contributed by atoms with Crippen LogP contribution in [-0.4, -0.2) is 17.0 Å². The second-order valence-electron chi connectivity index (χ2n) is 4.74. The number of aryl methyl sites for hydroxylation is 2. The minimum atomic E-state index is -1.09. The van der Waals surface area contributed by atoms with E-state index >= 15 is 0 Å². The van der Waals surface area contributed by atoms with Crippen LogP contribution in [0.2, 0.25) is 0 Å². The van der Waals surface area contributed by atoms with E-state index in [0.717, 1.165) is 11.1 Å². The third-order valence-corrected chi connectivity index (χ3v) is 3.77. The van der Waals surface area contributed by atoms with Gasteiger partial charge in [-0.3, -0.25) is 4.79 Å². The van der Waals surface area contributed by atoms with Crippen LogP contribution in [0, 0.1) is 13.8 Å². The fourth-order valence-corrected chi connectivity index (χ4v) is 2.54. The maximum Gasteiger partial charge on any atom is 0.337 e. The van der Waals surface area contributed by atoms with Crippen LogP contribution in [0.15, 0.2) is 40.9 Å². The van der Waals surface area contributed by atoms with Crippen LogP contribution < -0.4 is 5.32 Å². The van der Waals surface area contributed by atoms with E-state index in [1.54, 1.807) is 18.2 Å². The Balaban J connectivity index is 2.38. The molecule has 4 nitrogen and oxygen atoms in total. The molecule has 2 rings (SSSR count). The molecule has 0 heterocycles. The first-order valence-corrected chi connectivity index (χ1v) is 7.10. The standard InChI is InChI=1S/C16H14BrNO3/c1-9-6-7-11(10(2)8-9)15(19)18-14-12(16(20)21)4-3-5-13(14)17/h3-8H,1-2H3,(H,18,19)(H,20,21). The summed E-state index contributed by atoms with van der Waals surface area (Å²) in [5.74, 6) is -1.42. The molecule has 2 N–H and O–H groups in total. The number of carboxylic acid groups (broad SMARTS) is 1. The Morgan fingerprint density at radius 1 is 1.10 bits per heavy atom. The minimum absolute atomic E-state index is 0.0440. The smallest absolute Gasteiger partial charge is 0.337 e. The van der Waals surface area contributed by atoms with Crippen LogP contribution in [0.5, 0.6) is 0 Å². The summed E-state index contributed by atoms with van der Waals surface area (Å²) in [6.07, 6.45) is 0. The molecule has 5 heteroatoms. The van der Waals surface area contributed by atoms with Crippen LogP contribution in [0.3, 0.4) is 0 Å². The molecule has 0 fully saturated rings. The van der Waals surface area contributed by atoms with Crippen molar-refractivity contribution in [2.24, 2.45) is 0 Å². The Kier molecular flexibility index (Phi) is 4.43. The second-order valence-corrected chi connectivity index (χ2v) is 5.59. The van der Waals surface area contributed by atoms with Crippen LogP contribution in [0.25, 0.3) is 0 Å². The number of anilines is 1. The summed E-state index contributed by atoms with van der Waals surface area (Å²) in [7, 11) is 0.